The number of rotatable bonds is 1. The maximum Gasteiger partial charge on any atom is 0.0835 e. The van der Waals surface area contributed by atoms with E-state index in [0.29, 0.717) is 0 Å². The maximum absolute atomic E-state index is 3.90. The molecule has 0 bridgehead atoms. The lowest BCUT2D eigenvalue weighted by Gasteiger charge is -1.77. The van der Waals surface area contributed by atoms with Crippen LogP contribution in [-0.4, -0.2) is 14.4 Å². The Morgan fingerprint density at radius 2 is 2.62 bits per heavy atom. The zero-order chi connectivity index (χ0) is 5.98. The van der Waals surface area contributed by atoms with Crippen LogP contribution in [0.4, 0.5) is 0 Å². The fourth-order valence-corrected chi connectivity index (χ4v) is 0.623. The first-order valence-electron chi connectivity index (χ1n) is 2.43. The van der Waals surface area contributed by atoms with E-state index in [0.717, 1.165) is 12.1 Å². The van der Waals surface area contributed by atoms with Crippen LogP contribution < -0.4 is 0 Å². The van der Waals surface area contributed by atoms with Crippen molar-refractivity contribution in [3.05, 3.63) is 11.9 Å². The Labute approximate surface area is 53.2 Å². The molecule has 0 aromatic carbocycles. The molecule has 4 heteroatoms. The van der Waals surface area contributed by atoms with Crippen molar-refractivity contribution in [2.24, 2.45) is 0 Å². The van der Waals surface area contributed by atoms with Crippen LogP contribution in [0.2, 0.25) is 0 Å². The lowest BCUT2D eigenvalue weighted by Crippen LogP contribution is -1.77. The molecule has 1 aromatic heterocycles. The van der Waals surface area contributed by atoms with Gasteiger partial charge < -0.3 is 0 Å². The third-order valence-corrected chi connectivity index (χ3v) is 1.09. The average molecular weight is 129 g/mol. The Bertz CT molecular complexity index is 172. The summed E-state index contributed by atoms with van der Waals surface area (Å²) in [4.78, 5) is 0. The van der Waals surface area contributed by atoms with Crippen LogP contribution in [-0.2, 0) is 6.42 Å². The second-order valence-corrected chi connectivity index (χ2v) is 1.89. The van der Waals surface area contributed by atoms with Gasteiger partial charge in [0.25, 0.3) is 0 Å². The normalized spacial score (nSPS) is 9.75. The smallest absolute Gasteiger partial charge is 0.0835 e. The molecule has 0 saturated carbocycles. The molecule has 0 amide bonds. The Morgan fingerprint density at radius 3 is 2.88 bits per heavy atom. The van der Waals surface area contributed by atoms with Gasteiger partial charge >= 0.3 is 0 Å². The van der Waals surface area contributed by atoms with Crippen molar-refractivity contribution in [2.45, 2.75) is 13.3 Å². The Kier molecular flexibility index (Phi) is 1.53. The zero-order valence-corrected chi connectivity index (χ0v) is 5.47. The van der Waals surface area contributed by atoms with Crippen LogP contribution in [0.3, 0.4) is 0 Å². The quantitative estimate of drug-likeness (QED) is 0.561. The van der Waals surface area contributed by atoms with Crippen LogP contribution in [0.1, 0.15) is 12.6 Å². The van der Waals surface area contributed by atoms with E-state index in [1.54, 1.807) is 6.20 Å². The van der Waals surface area contributed by atoms with Crippen molar-refractivity contribution < 1.29 is 0 Å². The van der Waals surface area contributed by atoms with E-state index in [1.165, 1.54) is 4.09 Å². The molecule has 0 atom stereocenters. The van der Waals surface area contributed by atoms with E-state index < -0.39 is 0 Å². The van der Waals surface area contributed by atoms with E-state index in [-0.39, 0.29) is 0 Å². The number of aromatic nitrogens is 3. The summed E-state index contributed by atoms with van der Waals surface area (Å²) in [5.41, 5.74) is 0.972. The summed E-state index contributed by atoms with van der Waals surface area (Å²) in [5.74, 6) is 0. The van der Waals surface area contributed by atoms with Gasteiger partial charge in [-0.05, 0) is 19.2 Å². The first kappa shape index (κ1) is 5.62. The molecule has 0 spiro atoms. The first-order valence-corrected chi connectivity index (χ1v) is 2.83. The highest BCUT2D eigenvalue weighted by Crippen LogP contribution is 1.92. The lowest BCUT2D eigenvalue weighted by molar-refractivity contribution is 0.877. The highest BCUT2D eigenvalue weighted by Gasteiger charge is 1.90. The van der Waals surface area contributed by atoms with Crippen molar-refractivity contribution in [3.8, 4) is 0 Å². The fraction of sp³-hybridized carbons (Fsp3) is 0.500. The molecule has 0 saturated heterocycles. The molecule has 1 heterocycles. The van der Waals surface area contributed by atoms with Gasteiger partial charge in [0.2, 0.25) is 0 Å². The summed E-state index contributed by atoms with van der Waals surface area (Å²) < 4.78 is 1.40. The summed E-state index contributed by atoms with van der Waals surface area (Å²) in [6, 6.07) is 0. The molecule has 0 aliphatic rings. The SMILES string of the molecule is CCc1cn(S)nn1. The molecular weight excluding hydrogens is 122 g/mol. The highest BCUT2D eigenvalue weighted by molar-refractivity contribution is 7.78. The van der Waals surface area contributed by atoms with Gasteiger partial charge in [-0.15, -0.1) is 5.10 Å². The van der Waals surface area contributed by atoms with Crippen LogP contribution in [0.25, 0.3) is 0 Å². The summed E-state index contributed by atoms with van der Waals surface area (Å²) >= 11 is 3.90. The maximum atomic E-state index is 3.90. The van der Waals surface area contributed by atoms with Gasteiger partial charge in [0.05, 0.1) is 11.9 Å². The third kappa shape index (κ3) is 1.01. The van der Waals surface area contributed by atoms with E-state index in [4.69, 9.17) is 0 Å². The molecule has 0 aliphatic heterocycles. The molecule has 8 heavy (non-hydrogen) atoms. The molecule has 0 fully saturated rings. The molecule has 44 valence electrons. The van der Waals surface area contributed by atoms with Gasteiger partial charge in [-0.25, -0.2) is 0 Å². The van der Waals surface area contributed by atoms with Crippen LogP contribution >= 0.6 is 12.8 Å². The second kappa shape index (κ2) is 2.17. The second-order valence-electron chi connectivity index (χ2n) is 1.48. The highest BCUT2D eigenvalue weighted by atomic mass is 32.1. The third-order valence-electron chi connectivity index (χ3n) is 0.892. The summed E-state index contributed by atoms with van der Waals surface area (Å²) in [7, 11) is 0. The van der Waals surface area contributed by atoms with Gasteiger partial charge in [0.15, 0.2) is 0 Å². The van der Waals surface area contributed by atoms with Gasteiger partial charge in [-0.2, -0.15) is 4.09 Å². The minimum absolute atomic E-state index is 0.917. The van der Waals surface area contributed by atoms with Crippen LogP contribution in [0, 0.1) is 0 Å². The molecule has 1 rings (SSSR count). The predicted molar refractivity (Wildman–Crippen MR) is 33.8 cm³/mol. The predicted octanol–water partition coefficient (Wildman–Crippen LogP) is 0.533. The Hall–Kier alpha value is -0.510. The number of aryl methyl sites for hydroxylation is 1. The Morgan fingerprint density at radius 1 is 1.88 bits per heavy atom. The molecule has 0 radical (unpaired) electrons. The fourth-order valence-electron chi connectivity index (χ4n) is 0.450. The average Bonchev–Trinajstić information content (AvgIpc) is 2.14. The van der Waals surface area contributed by atoms with E-state index in [9.17, 15) is 0 Å². The molecule has 3 nitrogen and oxygen atoms in total. The largest absolute Gasteiger partial charge is 0.197 e. The van der Waals surface area contributed by atoms with E-state index >= 15 is 0 Å². The van der Waals surface area contributed by atoms with Crippen molar-refractivity contribution in [3.63, 3.8) is 0 Å². The van der Waals surface area contributed by atoms with Crippen LogP contribution in [0.15, 0.2) is 6.20 Å². The topological polar surface area (TPSA) is 30.7 Å². The standard InChI is InChI=1S/C4H7N3S/c1-2-4-3-7(8)6-5-4/h3,8H,2H2,1H3. The molecule has 1 aromatic rings. The Balaban J connectivity index is 2.84. The van der Waals surface area contributed by atoms with E-state index in [1.807, 2.05) is 6.92 Å². The zero-order valence-electron chi connectivity index (χ0n) is 4.57. The molecule has 0 unspecified atom stereocenters. The van der Waals surface area contributed by atoms with Crippen molar-refractivity contribution >= 4 is 12.8 Å². The first-order chi connectivity index (χ1) is 3.83. The number of hydrogen-bond donors (Lipinski definition) is 1. The molecule has 0 aliphatic carbocycles. The number of nitrogens with zero attached hydrogens (tertiary/aromatic N) is 3. The van der Waals surface area contributed by atoms with Crippen molar-refractivity contribution in [1.29, 1.82) is 0 Å². The number of hydrogen-bond acceptors (Lipinski definition) is 3. The molecular formula is C4H7N3S. The van der Waals surface area contributed by atoms with Gasteiger partial charge in [0, 0.05) is 0 Å². The number of thiol groups is 1. The van der Waals surface area contributed by atoms with Gasteiger partial charge in [-0.3, -0.25) is 0 Å². The van der Waals surface area contributed by atoms with E-state index in [2.05, 4.69) is 23.1 Å². The van der Waals surface area contributed by atoms with Gasteiger partial charge in [0.1, 0.15) is 0 Å². The monoisotopic (exact) mass is 129 g/mol. The summed E-state index contributed by atoms with van der Waals surface area (Å²) in [5, 5.41) is 7.39. The minimum Gasteiger partial charge on any atom is -0.197 e. The van der Waals surface area contributed by atoms with Gasteiger partial charge in [-0.1, -0.05) is 12.1 Å². The summed E-state index contributed by atoms with van der Waals surface area (Å²) in [6.45, 7) is 2.03. The van der Waals surface area contributed by atoms with Crippen LogP contribution in [0.5, 0.6) is 0 Å². The van der Waals surface area contributed by atoms with Crippen molar-refractivity contribution in [1.82, 2.24) is 14.4 Å². The van der Waals surface area contributed by atoms with Crippen molar-refractivity contribution in [2.75, 3.05) is 0 Å². The summed E-state index contributed by atoms with van der Waals surface area (Å²) in [6.07, 6.45) is 2.70. The lowest BCUT2D eigenvalue weighted by atomic mass is 10.4. The molecule has 0 N–H and O–H groups in total. The minimum atomic E-state index is 0.917.